The van der Waals surface area contributed by atoms with Crippen molar-refractivity contribution in [1.29, 1.82) is 0 Å². The molecular weight excluding hydrogens is 379 g/mol. The minimum atomic E-state index is -4.71. The maximum Gasteiger partial charge on any atom is 0.394 e. The molecule has 0 aliphatic carbocycles. The first-order chi connectivity index (χ1) is 11.4. The fraction of sp³-hybridized carbons (Fsp3) is 0.714. The molecular formula is C14H20F3N3O3S2. The molecule has 25 heavy (non-hydrogen) atoms. The number of alkyl halides is 3. The maximum absolute atomic E-state index is 13.4. The van der Waals surface area contributed by atoms with E-state index in [9.17, 15) is 26.4 Å². The van der Waals surface area contributed by atoms with Gasteiger partial charge in [0.05, 0.1) is 17.1 Å². The lowest BCUT2D eigenvalue weighted by molar-refractivity contribution is -0.169. The summed E-state index contributed by atoms with van der Waals surface area (Å²) in [5.74, 6) is -2.77. The van der Waals surface area contributed by atoms with E-state index in [1.807, 2.05) is 13.8 Å². The number of thiazole rings is 1. The van der Waals surface area contributed by atoms with Gasteiger partial charge in [-0.05, 0) is 5.92 Å². The summed E-state index contributed by atoms with van der Waals surface area (Å²) in [5.41, 5.74) is 1.98. The van der Waals surface area contributed by atoms with E-state index in [0.717, 1.165) is 20.5 Å². The second-order valence-electron chi connectivity index (χ2n) is 6.45. The quantitative estimate of drug-likeness (QED) is 0.778. The summed E-state index contributed by atoms with van der Waals surface area (Å²) in [6, 6.07) is 0. The van der Waals surface area contributed by atoms with Crippen LogP contribution in [-0.2, 0) is 10.0 Å². The molecule has 1 amide bonds. The van der Waals surface area contributed by atoms with Crippen LogP contribution in [0.2, 0.25) is 0 Å². The van der Waals surface area contributed by atoms with E-state index in [4.69, 9.17) is 0 Å². The van der Waals surface area contributed by atoms with E-state index in [-0.39, 0.29) is 10.8 Å². The molecule has 0 aromatic carbocycles. The second-order valence-corrected chi connectivity index (χ2v) is 9.67. The molecule has 1 fully saturated rings. The van der Waals surface area contributed by atoms with Gasteiger partial charge >= 0.3 is 6.18 Å². The van der Waals surface area contributed by atoms with Crippen LogP contribution in [-0.4, -0.2) is 67.1 Å². The molecule has 2 atom stereocenters. The Labute approximate surface area is 148 Å². The van der Waals surface area contributed by atoms with E-state index in [1.165, 1.54) is 19.6 Å². The van der Waals surface area contributed by atoms with Crippen molar-refractivity contribution in [2.45, 2.75) is 31.2 Å². The van der Waals surface area contributed by atoms with E-state index < -0.39 is 46.4 Å². The van der Waals surface area contributed by atoms with Crippen molar-refractivity contribution in [2.75, 3.05) is 27.2 Å². The molecule has 0 saturated carbocycles. The third-order valence-electron chi connectivity index (χ3n) is 4.20. The molecule has 0 radical (unpaired) electrons. The van der Waals surface area contributed by atoms with Crippen molar-refractivity contribution in [3.8, 4) is 0 Å². The molecule has 1 aliphatic rings. The van der Waals surface area contributed by atoms with E-state index in [2.05, 4.69) is 4.98 Å². The molecule has 1 saturated heterocycles. The monoisotopic (exact) mass is 399 g/mol. The van der Waals surface area contributed by atoms with E-state index in [0.29, 0.717) is 5.69 Å². The predicted octanol–water partition coefficient (Wildman–Crippen LogP) is 2.16. The lowest BCUT2D eigenvalue weighted by Crippen LogP contribution is -2.43. The Balaban J connectivity index is 2.36. The topological polar surface area (TPSA) is 70.6 Å². The summed E-state index contributed by atoms with van der Waals surface area (Å²) >= 11 is 1.05. The van der Waals surface area contributed by atoms with E-state index >= 15 is 0 Å². The van der Waals surface area contributed by atoms with Crippen molar-refractivity contribution < 1.29 is 26.4 Å². The number of nitrogens with zero attached hydrogens (tertiary/aromatic N) is 3. The third-order valence-corrected chi connectivity index (χ3v) is 7.29. The van der Waals surface area contributed by atoms with Gasteiger partial charge in [-0.1, -0.05) is 13.8 Å². The van der Waals surface area contributed by atoms with Crippen LogP contribution in [0.25, 0.3) is 0 Å². The zero-order chi connectivity index (χ0) is 19.2. The Kier molecular flexibility index (Phi) is 5.50. The van der Waals surface area contributed by atoms with Gasteiger partial charge in [0.25, 0.3) is 5.91 Å². The molecule has 2 rings (SSSR count). The molecule has 0 bridgehead atoms. The number of likely N-dealkylation sites (tertiary alicyclic amines) is 1. The fourth-order valence-corrected chi connectivity index (χ4v) is 5.27. The Morgan fingerprint density at radius 1 is 1.36 bits per heavy atom. The number of aromatic nitrogens is 1. The first kappa shape index (κ1) is 20.1. The highest BCUT2D eigenvalue weighted by Gasteiger charge is 2.56. The standard InChI is InChI=1S/C14H20F3N3O3S2/c1-8(2)11-12(24-7-18-11)13(21)20-5-9(14(15,16)17)10(6-20)25(22,23)19(3)4/h7-10H,5-6H2,1-4H3/t9-,10-/m0/s1. The number of sulfonamides is 1. The van der Waals surface area contributed by atoms with Gasteiger partial charge in [0.1, 0.15) is 10.1 Å². The van der Waals surface area contributed by atoms with Crippen LogP contribution in [0.5, 0.6) is 0 Å². The average Bonchev–Trinajstić information content (AvgIpc) is 3.13. The predicted molar refractivity (Wildman–Crippen MR) is 88.0 cm³/mol. The van der Waals surface area contributed by atoms with Crippen LogP contribution in [0.4, 0.5) is 13.2 Å². The fourth-order valence-electron chi connectivity index (χ4n) is 2.80. The van der Waals surface area contributed by atoms with Crippen LogP contribution in [0.1, 0.15) is 35.1 Å². The minimum Gasteiger partial charge on any atom is -0.336 e. The molecule has 0 unspecified atom stereocenters. The summed E-state index contributed by atoms with van der Waals surface area (Å²) in [5, 5.41) is -1.71. The van der Waals surface area contributed by atoms with Gasteiger partial charge in [-0.2, -0.15) is 13.2 Å². The summed E-state index contributed by atoms with van der Waals surface area (Å²) in [6.45, 7) is 2.50. The van der Waals surface area contributed by atoms with Gasteiger partial charge < -0.3 is 4.90 Å². The first-order valence-corrected chi connectivity index (χ1v) is 9.96. The highest BCUT2D eigenvalue weighted by molar-refractivity contribution is 7.89. The van der Waals surface area contributed by atoms with Crippen molar-refractivity contribution in [1.82, 2.24) is 14.2 Å². The number of hydrogen-bond acceptors (Lipinski definition) is 5. The van der Waals surface area contributed by atoms with Crippen LogP contribution in [0.15, 0.2) is 5.51 Å². The normalized spacial score (nSPS) is 22.2. The number of rotatable bonds is 4. The molecule has 6 nitrogen and oxygen atoms in total. The highest BCUT2D eigenvalue weighted by atomic mass is 32.2. The van der Waals surface area contributed by atoms with Crippen molar-refractivity contribution in [3.63, 3.8) is 0 Å². The maximum atomic E-state index is 13.4. The van der Waals surface area contributed by atoms with Gasteiger partial charge in [-0.3, -0.25) is 4.79 Å². The summed E-state index contributed by atoms with van der Waals surface area (Å²) in [4.78, 5) is 18.0. The molecule has 1 aliphatic heterocycles. The van der Waals surface area contributed by atoms with Gasteiger partial charge in [0.2, 0.25) is 10.0 Å². The van der Waals surface area contributed by atoms with Crippen LogP contribution in [0, 0.1) is 5.92 Å². The summed E-state index contributed by atoms with van der Waals surface area (Å²) in [6.07, 6.45) is -4.71. The van der Waals surface area contributed by atoms with Crippen LogP contribution >= 0.6 is 11.3 Å². The smallest absolute Gasteiger partial charge is 0.336 e. The Hall–Kier alpha value is -1.20. The third kappa shape index (κ3) is 3.82. The van der Waals surface area contributed by atoms with Gasteiger partial charge in [0.15, 0.2) is 0 Å². The molecule has 0 spiro atoms. The van der Waals surface area contributed by atoms with Crippen molar-refractivity contribution >= 4 is 27.3 Å². The number of hydrogen-bond donors (Lipinski definition) is 0. The van der Waals surface area contributed by atoms with Crippen molar-refractivity contribution in [3.05, 3.63) is 16.1 Å². The summed E-state index contributed by atoms with van der Waals surface area (Å²) < 4.78 is 65.5. The minimum absolute atomic E-state index is 0.0625. The Bertz CT molecular complexity index is 744. The largest absolute Gasteiger partial charge is 0.394 e. The lowest BCUT2D eigenvalue weighted by Gasteiger charge is -2.23. The number of carbonyl (C=O) groups excluding carboxylic acids is 1. The zero-order valence-corrected chi connectivity index (χ0v) is 15.9. The second kappa shape index (κ2) is 6.84. The molecule has 1 aromatic heterocycles. The molecule has 2 heterocycles. The SMILES string of the molecule is CC(C)c1ncsc1C(=O)N1C[C@H](C(F)(F)F)[C@@H](S(=O)(=O)N(C)C)C1. The summed E-state index contributed by atoms with van der Waals surface area (Å²) in [7, 11) is -1.79. The molecule has 0 N–H and O–H groups in total. The number of carbonyl (C=O) groups is 1. The lowest BCUT2D eigenvalue weighted by atomic mass is 10.1. The van der Waals surface area contributed by atoms with Crippen molar-refractivity contribution in [2.24, 2.45) is 5.92 Å². The highest BCUT2D eigenvalue weighted by Crippen LogP contribution is 2.38. The van der Waals surface area contributed by atoms with Gasteiger partial charge in [0, 0.05) is 27.2 Å². The molecule has 11 heteroatoms. The Morgan fingerprint density at radius 2 is 1.96 bits per heavy atom. The van der Waals surface area contributed by atoms with Gasteiger partial charge in [-0.15, -0.1) is 11.3 Å². The van der Waals surface area contributed by atoms with E-state index in [1.54, 1.807) is 0 Å². The van der Waals surface area contributed by atoms with Crippen LogP contribution < -0.4 is 0 Å². The zero-order valence-electron chi connectivity index (χ0n) is 14.2. The first-order valence-electron chi connectivity index (χ1n) is 7.58. The van der Waals surface area contributed by atoms with Crippen LogP contribution in [0.3, 0.4) is 0 Å². The number of amides is 1. The Morgan fingerprint density at radius 3 is 2.44 bits per heavy atom. The molecule has 1 aromatic rings. The molecule has 142 valence electrons. The average molecular weight is 399 g/mol. The van der Waals surface area contributed by atoms with Gasteiger partial charge in [-0.25, -0.2) is 17.7 Å². The number of halogens is 3.